The molecule has 0 saturated carbocycles. The molecule has 2 heteroatoms. The zero-order valence-corrected chi connectivity index (χ0v) is 13.7. The van der Waals surface area contributed by atoms with Crippen molar-refractivity contribution in [3.05, 3.63) is 0 Å². The maximum absolute atomic E-state index is 9.85. The van der Waals surface area contributed by atoms with Gasteiger partial charge in [0.25, 0.3) is 0 Å². The highest BCUT2D eigenvalue weighted by Crippen LogP contribution is 2.36. The molecular weight excluding hydrogens is 236 g/mol. The summed E-state index contributed by atoms with van der Waals surface area (Å²) >= 11 is 0. The van der Waals surface area contributed by atoms with Gasteiger partial charge in [0.05, 0.1) is 12.2 Å². The van der Waals surface area contributed by atoms with Crippen molar-refractivity contribution in [2.75, 3.05) is 6.61 Å². The maximum Gasteiger partial charge on any atom is 0.0849 e. The van der Waals surface area contributed by atoms with Gasteiger partial charge in [-0.15, -0.1) is 0 Å². The largest absolute Gasteiger partial charge is 0.393 e. The molecule has 19 heavy (non-hydrogen) atoms. The third kappa shape index (κ3) is 9.45. The van der Waals surface area contributed by atoms with Crippen LogP contribution in [-0.4, -0.2) is 22.4 Å². The SMILES string of the molecule is CCCCCCC(C)(CCC)CCC[C@@](C)(O)CO. The number of rotatable bonds is 12. The van der Waals surface area contributed by atoms with E-state index in [4.69, 9.17) is 5.11 Å². The molecule has 0 spiro atoms. The molecule has 0 aromatic rings. The van der Waals surface area contributed by atoms with Crippen LogP contribution >= 0.6 is 0 Å². The molecule has 2 nitrogen and oxygen atoms in total. The Kier molecular flexibility index (Phi) is 9.72. The van der Waals surface area contributed by atoms with Gasteiger partial charge < -0.3 is 10.2 Å². The molecule has 0 heterocycles. The zero-order valence-electron chi connectivity index (χ0n) is 13.7. The number of hydrogen-bond acceptors (Lipinski definition) is 2. The van der Waals surface area contributed by atoms with E-state index in [0.717, 1.165) is 6.42 Å². The van der Waals surface area contributed by atoms with Gasteiger partial charge in [0.1, 0.15) is 0 Å². The lowest BCUT2D eigenvalue weighted by atomic mass is 9.76. The molecule has 116 valence electrons. The molecule has 0 rings (SSSR count). The smallest absolute Gasteiger partial charge is 0.0849 e. The lowest BCUT2D eigenvalue weighted by Crippen LogP contribution is -2.29. The van der Waals surface area contributed by atoms with Crippen LogP contribution in [0.25, 0.3) is 0 Å². The Balaban J connectivity index is 4.07. The van der Waals surface area contributed by atoms with Crippen LogP contribution in [0.5, 0.6) is 0 Å². The van der Waals surface area contributed by atoms with E-state index in [-0.39, 0.29) is 6.61 Å². The Morgan fingerprint density at radius 3 is 1.89 bits per heavy atom. The van der Waals surface area contributed by atoms with Gasteiger partial charge in [0, 0.05) is 0 Å². The van der Waals surface area contributed by atoms with Crippen LogP contribution in [0.3, 0.4) is 0 Å². The predicted molar refractivity (Wildman–Crippen MR) is 83.3 cm³/mol. The highest BCUT2D eigenvalue weighted by Gasteiger charge is 2.25. The molecule has 0 bridgehead atoms. The summed E-state index contributed by atoms with van der Waals surface area (Å²) in [5.41, 5.74) is -0.469. The van der Waals surface area contributed by atoms with Gasteiger partial charge in [-0.1, -0.05) is 52.9 Å². The topological polar surface area (TPSA) is 40.5 Å². The number of aliphatic hydroxyl groups excluding tert-OH is 1. The van der Waals surface area contributed by atoms with Crippen molar-refractivity contribution in [1.29, 1.82) is 0 Å². The van der Waals surface area contributed by atoms with Crippen LogP contribution in [0.2, 0.25) is 0 Å². The summed E-state index contributed by atoms with van der Waals surface area (Å²) in [6.45, 7) is 8.51. The lowest BCUT2D eigenvalue weighted by molar-refractivity contribution is -0.00928. The fourth-order valence-electron chi connectivity index (χ4n) is 2.93. The van der Waals surface area contributed by atoms with Gasteiger partial charge in [-0.25, -0.2) is 0 Å². The molecule has 2 atom stereocenters. The first-order chi connectivity index (χ1) is 8.89. The summed E-state index contributed by atoms with van der Waals surface area (Å²) in [6, 6.07) is 0. The molecule has 0 radical (unpaired) electrons. The molecule has 1 unspecified atom stereocenters. The van der Waals surface area contributed by atoms with Crippen molar-refractivity contribution >= 4 is 0 Å². The van der Waals surface area contributed by atoms with Gasteiger partial charge in [-0.05, 0) is 44.4 Å². The van der Waals surface area contributed by atoms with E-state index in [9.17, 15) is 5.11 Å². The number of aliphatic hydroxyl groups is 2. The standard InChI is InChI=1S/C17H36O2/c1-5-7-8-9-12-16(3,11-6-2)13-10-14-17(4,19)15-18/h18-19H,5-15H2,1-4H3/t16?,17-/m1/s1. The molecule has 0 aliphatic rings. The molecule has 0 amide bonds. The van der Waals surface area contributed by atoms with Crippen LogP contribution in [0.15, 0.2) is 0 Å². The molecule has 0 aliphatic carbocycles. The Morgan fingerprint density at radius 1 is 0.737 bits per heavy atom. The molecule has 0 aromatic carbocycles. The van der Waals surface area contributed by atoms with Gasteiger partial charge in [-0.2, -0.15) is 0 Å². The summed E-state index contributed by atoms with van der Waals surface area (Å²) in [4.78, 5) is 0. The van der Waals surface area contributed by atoms with Gasteiger partial charge in [-0.3, -0.25) is 0 Å². The highest BCUT2D eigenvalue weighted by molar-refractivity contribution is 4.77. The van der Waals surface area contributed by atoms with Crippen molar-refractivity contribution in [1.82, 2.24) is 0 Å². The summed E-state index contributed by atoms with van der Waals surface area (Å²) in [6.07, 6.45) is 12.0. The third-order valence-corrected chi connectivity index (χ3v) is 4.32. The number of hydrogen-bond donors (Lipinski definition) is 2. The van der Waals surface area contributed by atoms with E-state index >= 15 is 0 Å². The third-order valence-electron chi connectivity index (χ3n) is 4.32. The summed E-state index contributed by atoms with van der Waals surface area (Å²) in [5.74, 6) is 0. The van der Waals surface area contributed by atoms with E-state index in [0.29, 0.717) is 11.8 Å². The van der Waals surface area contributed by atoms with Crippen LogP contribution in [0.4, 0.5) is 0 Å². The minimum Gasteiger partial charge on any atom is -0.393 e. The van der Waals surface area contributed by atoms with Crippen LogP contribution in [-0.2, 0) is 0 Å². The minimum absolute atomic E-state index is 0.131. The Labute approximate surface area is 120 Å². The Morgan fingerprint density at radius 2 is 1.37 bits per heavy atom. The minimum atomic E-state index is -0.894. The number of unbranched alkanes of at least 4 members (excludes halogenated alkanes) is 3. The van der Waals surface area contributed by atoms with E-state index in [2.05, 4.69) is 20.8 Å². The second-order valence-electron chi connectivity index (χ2n) is 6.88. The average Bonchev–Trinajstić information content (AvgIpc) is 2.35. The summed E-state index contributed by atoms with van der Waals surface area (Å²) in [5, 5.41) is 18.9. The summed E-state index contributed by atoms with van der Waals surface area (Å²) in [7, 11) is 0. The van der Waals surface area contributed by atoms with Crippen molar-refractivity contribution in [3.63, 3.8) is 0 Å². The van der Waals surface area contributed by atoms with Gasteiger partial charge in [0.2, 0.25) is 0 Å². The monoisotopic (exact) mass is 272 g/mol. The maximum atomic E-state index is 9.85. The van der Waals surface area contributed by atoms with Crippen LogP contribution in [0, 0.1) is 5.41 Å². The van der Waals surface area contributed by atoms with Crippen molar-refractivity contribution in [2.24, 2.45) is 5.41 Å². The zero-order chi connectivity index (χ0) is 14.8. The van der Waals surface area contributed by atoms with Gasteiger partial charge >= 0.3 is 0 Å². The van der Waals surface area contributed by atoms with Gasteiger partial charge in [0.15, 0.2) is 0 Å². The van der Waals surface area contributed by atoms with E-state index in [1.165, 1.54) is 51.4 Å². The Hall–Kier alpha value is -0.0800. The average molecular weight is 272 g/mol. The molecule has 0 saturated heterocycles. The molecule has 0 aliphatic heterocycles. The first-order valence-corrected chi connectivity index (χ1v) is 8.22. The van der Waals surface area contributed by atoms with E-state index in [1.54, 1.807) is 6.92 Å². The van der Waals surface area contributed by atoms with E-state index < -0.39 is 5.60 Å². The van der Waals surface area contributed by atoms with E-state index in [1.807, 2.05) is 0 Å². The van der Waals surface area contributed by atoms with Crippen LogP contribution in [0.1, 0.15) is 91.9 Å². The Bertz CT molecular complexity index is 213. The molecule has 0 aromatic heterocycles. The fraction of sp³-hybridized carbons (Fsp3) is 1.00. The predicted octanol–water partition coefficient (Wildman–Crippen LogP) is 4.68. The first kappa shape index (κ1) is 18.9. The molecule has 2 N–H and O–H groups in total. The molecule has 0 fully saturated rings. The summed E-state index contributed by atoms with van der Waals surface area (Å²) < 4.78 is 0. The van der Waals surface area contributed by atoms with Crippen molar-refractivity contribution in [3.8, 4) is 0 Å². The van der Waals surface area contributed by atoms with Crippen LogP contribution < -0.4 is 0 Å². The fourth-order valence-corrected chi connectivity index (χ4v) is 2.93. The highest BCUT2D eigenvalue weighted by atomic mass is 16.3. The first-order valence-electron chi connectivity index (χ1n) is 8.22. The second kappa shape index (κ2) is 9.77. The van der Waals surface area contributed by atoms with Crippen molar-refractivity contribution < 1.29 is 10.2 Å². The molecular formula is C17H36O2. The second-order valence-corrected chi connectivity index (χ2v) is 6.88. The van der Waals surface area contributed by atoms with Crippen molar-refractivity contribution in [2.45, 2.75) is 97.5 Å². The normalized spacial score (nSPS) is 18.0. The quantitative estimate of drug-likeness (QED) is 0.507. The lowest BCUT2D eigenvalue weighted by Gasteiger charge is -2.31.